The molecule has 0 saturated heterocycles. The lowest BCUT2D eigenvalue weighted by Crippen LogP contribution is -2.13. The highest BCUT2D eigenvalue weighted by Gasteiger charge is 2.30. The van der Waals surface area contributed by atoms with E-state index in [0.717, 1.165) is 0 Å². The summed E-state index contributed by atoms with van der Waals surface area (Å²) >= 11 is 0. The second-order valence-corrected chi connectivity index (χ2v) is 4.41. The van der Waals surface area contributed by atoms with Crippen molar-refractivity contribution >= 4 is 11.6 Å². The Hall–Kier alpha value is -1.84. The Morgan fingerprint density at radius 1 is 1.28 bits per heavy atom. The van der Waals surface area contributed by atoms with Crippen LogP contribution < -0.4 is 9.47 Å². The summed E-state index contributed by atoms with van der Waals surface area (Å²) in [6.45, 7) is 0. The van der Waals surface area contributed by atoms with Crippen LogP contribution in [-0.4, -0.2) is 25.8 Å². The molecule has 0 amide bonds. The van der Waals surface area contributed by atoms with Gasteiger partial charge in [-0.3, -0.25) is 9.59 Å². The SMILES string of the molecule is COc1ccc(C(=O)C2CCC(=O)C2)c(OC)c1. The molecule has 4 nitrogen and oxygen atoms in total. The van der Waals surface area contributed by atoms with Gasteiger partial charge in [-0.05, 0) is 18.6 Å². The monoisotopic (exact) mass is 248 g/mol. The molecule has 18 heavy (non-hydrogen) atoms. The number of ether oxygens (including phenoxy) is 2. The Kier molecular flexibility index (Phi) is 3.65. The molecular formula is C14H16O4. The van der Waals surface area contributed by atoms with E-state index in [9.17, 15) is 9.59 Å². The maximum Gasteiger partial charge on any atom is 0.170 e. The number of ketones is 2. The van der Waals surface area contributed by atoms with Gasteiger partial charge in [-0.25, -0.2) is 0 Å². The predicted octanol–water partition coefficient (Wildman–Crippen LogP) is 2.26. The Bertz CT molecular complexity index is 479. The van der Waals surface area contributed by atoms with E-state index in [1.54, 1.807) is 25.3 Å². The van der Waals surface area contributed by atoms with E-state index in [1.807, 2.05) is 0 Å². The lowest BCUT2D eigenvalue weighted by Gasteiger charge is -2.12. The van der Waals surface area contributed by atoms with E-state index >= 15 is 0 Å². The molecule has 0 aliphatic heterocycles. The normalized spacial score (nSPS) is 18.8. The Morgan fingerprint density at radius 3 is 2.61 bits per heavy atom. The van der Waals surface area contributed by atoms with Gasteiger partial charge in [0, 0.05) is 24.8 Å². The van der Waals surface area contributed by atoms with Crippen LogP contribution >= 0.6 is 0 Å². The minimum atomic E-state index is -0.195. The van der Waals surface area contributed by atoms with Crippen LogP contribution in [0.4, 0.5) is 0 Å². The fraction of sp³-hybridized carbons (Fsp3) is 0.429. The van der Waals surface area contributed by atoms with Crippen LogP contribution in [0.25, 0.3) is 0 Å². The number of Topliss-reactive ketones (excluding diaryl/α,β-unsaturated/α-hetero) is 2. The van der Waals surface area contributed by atoms with E-state index in [1.165, 1.54) is 7.11 Å². The third-order valence-electron chi connectivity index (χ3n) is 3.29. The third-order valence-corrected chi connectivity index (χ3v) is 3.29. The molecule has 0 heterocycles. The quantitative estimate of drug-likeness (QED) is 0.767. The third kappa shape index (κ3) is 2.37. The van der Waals surface area contributed by atoms with Crippen molar-refractivity contribution in [1.29, 1.82) is 0 Å². The maximum atomic E-state index is 12.3. The number of benzene rings is 1. The van der Waals surface area contributed by atoms with Gasteiger partial charge >= 0.3 is 0 Å². The van der Waals surface area contributed by atoms with Gasteiger partial charge < -0.3 is 9.47 Å². The molecule has 0 radical (unpaired) electrons. The predicted molar refractivity (Wildman–Crippen MR) is 66.2 cm³/mol. The molecule has 1 aromatic rings. The molecule has 96 valence electrons. The van der Waals surface area contributed by atoms with Gasteiger partial charge in [0.25, 0.3) is 0 Å². The van der Waals surface area contributed by atoms with Gasteiger partial charge in [-0.1, -0.05) is 0 Å². The summed E-state index contributed by atoms with van der Waals surface area (Å²) in [6.07, 6.45) is 1.51. The molecule has 0 spiro atoms. The highest BCUT2D eigenvalue weighted by atomic mass is 16.5. The number of rotatable bonds is 4. The number of hydrogen-bond donors (Lipinski definition) is 0. The van der Waals surface area contributed by atoms with Crippen LogP contribution in [0.3, 0.4) is 0 Å². The summed E-state index contributed by atoms with van der Waals surface area (Å²) in [6, 6.07) is 5.11. The molecule has 0 aromatic heterocycles. The van der Waals surface area contributed by atoms with E-state index < -0.39 is 0 Å². The van der Waals surface area contributed by atoms with Crippen LogP contribution in [0, 0.1) is 5.92 Å². The van der Waals surface area contributed by atoms with Gasteiger partial charge in [-0.2, -0.15) is 0 Å². The van der Waals surface area contributed by atoms with Gasteiger partial charge in [0.1, 0.15) is 17.3 Å². The van der Waals surface area contributed by atoms with Crippen LogP contribution in [0.5, 0.6) is 11.5 Å². The Balaban J connectivity index is 2.27. The summed E-state index contributed by atoms with van der Waals surface area (Å²) < 4.78 is 10.3. The Morgan fingerprint density at radius 2 is 2.06 bits per heavy atom. The van der Waals surface area contributed by atoms with Gasteiger partial charge in [0.15, 0.2) is 5.78 Å². The van der Waals surface area contributed by atoms with Crippen LogP contribution in [0.1, 0.15) is 29.6 Å². The number of methoxy groups -OCH3 is 2. The van der Waals surface area contributed by atoms with E-state index in [0.29, 0.717) is 36.3 Å². The highest BCUT2D eigenvalue weighted by molar-refractivity contribution is 6.03. The number of carbonyl (C=O) groups is 2. The average molecular weight is 248 g/mol. The fourth-order valence-corrected chi connectivity index (χ4v) is 2.26. The standard InChI is InChI=1S/C14H16O4/c1-17-11-5-6-12(13(8-11)18-2)14(16)9-3-4-10(15)7-9/h5-6,8-9H,3-4,7H2,1-2H3. The summed E-state index contributed by atoms with van der Waals surface area (Å²) in [5, 5.41) is 0. The molecule has 1 aromatic carbocycles. The van der Waals surface area contributed by atoms with Crippen LogP contribution in [-0.2, 0) is 4.79 Å². The number of carbonyl (C=O) groups excluding carboxylic acids is 2. The summed E-state index contributed by atoms with van der Waals surface area (Å²) in [4.78, 5) is 23.5. The van der Waals surface area contributed by atoms with Gasteiger partial charge in [-0.15, -0.1) is 0 Å². The lowest BCUT2D eigenvalue weighted by atomic mass is 9.95. The van der Waals surface area contributed by atoms with E-state index in [4.69, 9.17) is 9.47 Å². The Labute approximate surface area is 106 Å². The largest absolute Gasteiger partial charge is 0.497 e. The summed E-state index contributed by atoms with van der Waals surface area (Å²) in [7, 11) is 3.08. The minimum absolute atomic E-state index is 0.0136. The molecule has 2 rings (SSSR count). The molecule has 1 fully saturated rings. The molecule has 4 heteroatoms. The van der Waals surface area contributed by atoms with Gasteiger partial charge in [0.2, 0.25) is 0 Å². The van der Waals surface area contributed by atoms with Crippen LogP contribution in [0.2, 0.25) is 0 Å². The van der Waals surface area contributed by atoms with Crippen molar-refractivity contribution in [3.63, 3.8) is 0 Å². The summed E-state index contributed by atoms with van der Waals surface area (Å²) in [5.41, 5.74) is 0.526. The first-order valence-electron chi connectivity index (χ1n) is 5.93. The smallest absolute Gasteiger partial charge is 0.170 e. The van der Waals surface area contributed by atoms with Crippen molar-refractivity contribution in [2.24, 2.45) is 5.92 Å². The highest BCUT2D eigenvalue weighted by Crippen LogP contribution is 2.31. The van der Waals surface area contributed by atoms with Crippen molar-refractivity contribution in [2.45, 2.75) is 19.3 Å². The van der Waals surface area contributed by atoms with Crippen molar-refractivity contribution in [2.75, 3.05) is 14.2 Å². The molecular weight excluding hydrogens is 232 g/mol. The molecule has 0 bridgehead atoms. The summed E-state index contributed by atoms with van der Waals surface area (Å²) in [5.74, 6) is 1.10. The molecule has 1 saturated carbocycles. The zero-order valence-corrected chi connectivity index (χ0v) is 10.6. The average Bonchev–Trinajstić information content (AvgIpc) is 2.83. The fourth-order valence-electron chi connectivity index (χ4n) is 2.26. The molecule has 1 atom stereocenters. The lowest BCUT2D eigenvalue weighted by molar-refractivity contribution is -0.117. The topological polar surface area (TPSA) is 52.6 Å². The van der Waals surface area contributed by atoms with E-state index in [-0.39, 0.29) is 17.5 Å². The minimum Gasteiger partial charge on any atom is -0.497 e. The first kappa shape index (κ1) is 12.6. The zero-order valence-electron chi connectivity index (χ0n) is 10.6. The number of hydrogen-bond acceptors (Lipinski definition) is 4. The molecule has 1 unspecified atom stereocenters. The van der Waals surface area contributed by atoms with Crippen molar-refractivity contribution in [3.8, 4) is 11.5 Å². The maximum absolute atomic E-state index is 12.3. The zero-order chi connectivity index (χ0) is 13.1. The molecule has 1 aliphatic carbocycles. The van der Waals surface area contributed by atoms with Crippen molar-refractivity contribution in [3.05, 3.63) is 23.8 Å². The van der Waals surface area contributed by atoms with Crippen molar-refractivity contribution in [1.82, 2.24) is 0 Å². The van der Waals surface area contributed by atoms with Crippen molar-refractivity contribution < 1.29 is 19.1 Å². The first-order valence-corrected chi connectivity index (χ1v) is 5.93. The molecule has 1 aliphatic rings. The second kappa shape index (κ2) is 5.21. The van der Waals surface area contributed by atoms with Gasteiger partial charge in [0.05, 0.1) is 19.8 Å². The van der Waals surface area contributed by atoms with Crippen LogP contribution in [0.15, 0.2) is 18.2 Å². The molecule has 0 N–H and O–H groups in total. The van der Waals surface area contributed by atoms with E-state index in [2.05, 4.69) is 0 Å². The second-order valence-electron chi connectivity index (χ2n) is 4.41. The first-order chi connectivity index (χ1) is 8.65.